The highest BCUT2D eigenvalue weighted by atomic mass is 32.1. The van der Waals surface area contributed by atoms with Crippen LogP contribution < -0.4 is 4.74 Å². The summed E-state index contributed by atoms with van der Waals surface area (Å²) in [6.45, 7) is 6.45. The number of hydrogen-bond acceptors (Lipinski definition) is 3. The largest absolute Gasteiger partial charge is 0.447 e. The van der Waals surface area contributed by atoms with Crippen LogP contribution in [0.1, 0.15) is 40.6 Å². The van der Waals surface area contributed by atoms with E-state index in [4.69, 9.17) is 4.74 Å². The third-order valence-electron chi connectivity index (χ3n) is 2.80. The van der Waals surface area contributed by atoms with Crippen LogP contribution >= 0.6 is 11.3 Å². The molecule has 2 nitrogen and oxygen atoms in total. The molecule has 0 saturated heterocycles. The molecule has 1 aromatic heterocycles. The number of aldehydes is 1. The van der Waals surface area contributed by atoms with Crippen molar-refractivity contribution in [3.63, 3.8) is 0 Å². The van der Waals surface area contributed by atoms with Crippen molar-refractivity contribution >= 4 is 17.6 Å². The van der Waals surface area contributed by atoms with Crippen LogP contribution in [0.25, 0.3) is 0 Å². The van der Waals surface area contributed by atoms with Crippen LogP contribution in [0.3, 0.4) is 0 Å². The maximum Gasteiger partial charge on any atom is 0.181 e. The molecule has 0 unspecified atom stereocenters. The Morgan fingerprint density at radius 2 is 2.00 bits per heavy atom. The zero-order chi connectivity index (χ0) is 13.1. The van der Waals surface area contributed by atoms with Gasteiger partial charge in [0.2, 0.25) is 0 Å². The molecule has 0 bridgehead atoms. The second-order valence-corrected chi connectivity index (χ2v) is 5.63. The summed E-state index contributed by atoms with van der Waals surface area (Å²) in [6, 6.07) is 9.70. The third-order valence-corrected chi connectivity index (χ3v) is 3.69. The molecule has 0 fully saturated rings. The number of rotatable bonds is 4. The van der Waals surface area contributed by atoms with Crippen LogP contribution in [0.5, 0.6) is 10.8 Å². The molecule has 0 spiro atoms. The molecule has 0 aliphatic carbocycles. The molecule has 0 saturated carbocycles. The normalized spacial score (nSPS) is 10.7. The Bertz CT molecular complexity index is 555. The number of carbonyl (C=O) groups excluding carboxylic acids is 1. The van der Waals surface area contributed by atoms with Crippen molar-refractivity contribution < 1.29 is 9.53 Å². The van der Waals surface area contributed by atoms with Gasteiger partial charge in [-0.25, -0.2) is 0 Å². The van der Waals surface area contributed by atoms with Gasteiger partial charge in [0.05, 0.1) is 4.88 Å². The van der Waals surface area contributed by atoms with Gasteiger partial charge in [-0.2, -0.15) is 0 Å². The van der Waals surface area contributed by atoms with Crippen LogP contribution in [0, 0.1) is 6.92 Å². The van der Waals surface area contributed by atoms with Crippen molar-refractivity contribution in [3.05, 3.63) is 46.3 Å². The van der Waals surface area contributed by atoms with Crippen molar-refractivity contribution in [1.29, 1.82) is 0 Å². The Labute approximate surface area is 111 Å². The minimum absolute atomic E-state index is 0.516. The van der Waals surface area contributed by atoms with Crippen LogP contribution in [0.15, 0.2) is 30.3 Å². The molecule has 0 N–H and O–H groups in total. The second kappa shape index (κ2) is 5.36. The standard InChI is InChI=1S/C15H16O2S/c1-10(2)14-6-4-12(8-11(14)3)17-15-7-5-13(9-16)18-15/h4-10H,1-3H3. The average molecular weight is 260 g/mol. The predicted molar refractivity (Wildman–Crippen MR) is 75.0 cm³/mol. The molecule has 3 heteroatoms. The lowest BCUT2D eigenvalue weighted by atomic mass is 9.98. The van der Waals surface area contributed by atoms with E-state index in [1.54, 1.807) is 6.07 Å². The van der Waals surface area contributed by atoms with E-state index >= 15 is 0 Å². The summed E-state index contributed by atoms with van der Waals surface area (Å²) >= 11 is 1.35. The summed E-state index contributed by atoms with van der Waals surface area (Å²) in [5, 5.41) is 0.744. The second-order valence-electron chi connectivity index (χ2n) is 4.55. The lowest BCUT2D eigenvalue weighted by molar-refractivity contribution is 0.112. The molecule has 1 aromatic carbocycles. The number of carbonyl (C=O) groups is 1. The van der Waals surface area contributed by atoms with E-state index in [1.807, 2.05) is 18.2 Å². The first-order valence-corrected chi connectivity index (χ1v) is 6.75. The topological polar surface area (TPSA) is 26.3 Å². The van der Waals surface area contributed by atoms with E-state index in [-0.39, 0.29) is 0 Å². The highest BCUT2D eigenvalue weighted by Gasteiger charge is 2.06. The number of benzene rings is 1. The first kappa shape index (κ1) is 12.8. The minimum atomic E-state index is 0.516. The van der Waals surface area contributed by atoms with Gasteiger partial charge < -0.3 is 4.74 Å². The summed E-state index contributed by atoms with van der Waals surface area (Å²) in [6.07, 6.45) is 0.838. The summed E-state index contributed by atoms with van der Waals surface area (Å²) < 4.78 is 5.74. The molecule has 94 valence electrons. The first-order chi connectivity index (χ1) is 8.60. The van der Waals surface area contributed by atoms with Crippen molar-refractivity contribution in [2.24, 2.45) is 0 Å². The highest BCUT2D eigenvalue weighted by Crippen LogP contribution is 2.31. The Kier molecular flexibility index (Phi) is 3.82. The molecule has 0 radical (unpaired) electrons. The maximum absolute atomic E-state index is 10.6. The van der Waals surface area contributed by atoms with Crippen molar-refractivity contribution in [2.45, 2.75) is 26.7 Å². The molecule has 0 aliphatic rings. The van der Waals surface area contributed by atoms with Crippen molar-refractivity contribution in [3.8, 4) is 10.8 Å². The van der Waals surface area contributed by atoms with Crippen molar-refractivity contribution in [1.82, 2.24) is 0 Å². The molecule has 2 rings (SSSR count). The number of aryl methyl sites for hydroxylation is 1. The van der Waals surface area contributed by atoms with Crippen LogP contribution in [0.2, 0.25) is 0 Å². The average Bonchev–Trinajstić information content (AvgIpc) is 2.76. The highest BCUT2D eigenvalue weighted by molar-refractivity contribution is 7.15. The Balaban J connectivity index is 2.19. The zero-order valence-corrected chi connectivity index (χ0v) is 11.6. The molecular formula is C15H16O2S. The Hall–Kier alpha value is -1.61. The quantitative estimate of drug-likeness (QED) is 0.739. The summed E-state index contributed by atoms with van der Waals surface area (Å²) in [4.78, 5) is 11.3. The van der Waals surface area contributed by atoms with E-state index in [0.29, 0.717) is 10.8 Å². The summed E-state index contributed by atoms with van der Waals surface area (Å²) in [7, 11) is 0. The fourth-order valence-electron chi connectivity index (χ4n) is 1.93. The van der Waals surface area contributed by atoms with Gasteiger partial charge in [-0.3, -0.25) is 4.79 Å². The summed E-state index contributed by atoms with van der Waals surface area (Å²) in [5.74, 6) is 1.33. The van der Waals surface area contributed by atoms with Gasteiger partial charge in [-0.15, -0.1) is 0 Å². The molecular weight excluding hydrogens is 244 g/mol. The smallest absolute Gasteiger partial charge is 0.181 e. The predicted octanol–water partition coefficient (Wildman–Crippen LogP) is 4.78. The van der Waals surface area contributed by atoms with Crippen LogP contribution in [0.4, 0.5) is 0 Å². The Morgan fingerprint density at radius 3 is 2.56 bits per heavy atom. The fraction of sp³-hybridized carbons (Fsp3) is 0.267. The van der Waals surface area contributed by atoms with Crippen LogP contribution in [-0.2, 0) is 0 Å². The lowest BCUT2D eigenvalue weighted by Gasteiger charge is -2.11. The zero-order valence-electron chi connectivity index (χ0n) is 10.8. The van der Waals surface area contributed by atoms with Gasteiger partial charge >= 0.3 is 0 Å². The molecule has 2 aromatic rings. The van der Waals surface area contributed by atoms with Gasteiger partial charge in [0.25, 0.3) is 0 Å². The molecule has 0 aliphatic heterocycles. The first-order valence-electron chi connectivity index (χ1n) is 5.93. The van der Waals surface area contributed by atoms with E-state index in [0.717, 1.165) is 17.1 Å². The third kappa shape index (κ3) is 2.79. The minimum Gasteiger partial charge on any atom is -0.447 e. The number of thiophene rings is 1. The monoisotopic (exact) mass is 260 g/mol. The van der Waals surface area contributed by atoms with E-state index in [9.17, 15) is 4.79 Å². The van der Waals surface area contributed by atoms with E-state index in [2.05, 4.69) is 26.8 Å². The lowest BCUT2D eigenvalue weighted by Crippen LogP contribution is -1.92. The van der Waals surface area contributed by atoms with Crippen LogP contribution in [-0.4, -0.2) is 6.29 Å². The molecule has 1 heterocycles. The van der Waals surface area contributed by atoms with Gasteiger partial charge in [-0.1, -0.05) is 31.3 Å². The van der Waals surface area contributed by atoms with E-state index < -0.39 is 0 Å². The van der Waals surface area contributed by atoms with Gasteiger partial charge in [0.15, 0.2) is 11.3 Å². The molecule has 0 atom stereocenters. The maximum atomic E-state index is 10.6. The van der Waals surface area contributed by atoms with Gasteiger partial charge in [-0.05, 0) is 48.2 Å². The summed E-state index contributed by atoms with van der Waals surface area (Å²) in [5.41, 5.74) is 2.57. The Morgan fingerprint density at radius 1 is 1.22 bits per heavy atom. The number of ether oxygens (including phenoxy) is 1. The van der Waals surface area contributed by atoms with E-state index in [1.165, 1.54) is 22.5 Å². The fourth-order valence-corrected chi connectivity index (χ4v) is 2.62. The van der Waals surface area contributed by atoms with Crippen molar-refractivity contribution in [2.75, 3.05) is 0 Å². The van der Waals surface area contributed by atoms with Gasteiger partial charge in [0, 0.05) is 0 Å². The van der Waals surface area contributed by atoms with Gasteiger partial charge in [0.1, 0.15) is 5.75 Å². The SMILES string of the molecule is Cc1cc(Oc2ccc(C=O)s2)ccc1C(C)C. The molecule has 18 heavy (non-hydrogen) atoms. The number of hydrogen-bond donors (Lipinski definition) is 0. The molecule has 0 amide bonds.